The van der Waals surface area contributed by atoms with Crippen LogP contribution in [0.1, 0.15) is 21.6 Å². The van der Waals surface area contributed by atoms with Crippen molar-refractivity contribution in [3.8, 4) is 11.5 Å². The molecule has 1 heterocycles. The molecule has 0 radical (unpaired) electrons. The van der Waals surface area contributed by atoms with Crippen molar-refractivity contribution < 1.29 is 14.6 Å². The molecule has 98 valence electrons. The van der Waals surface area contributed by atoms with Gasteiger partial charge in [0.05, 0.1) is 0 Å². The van der Waals surface area contributed by atoms with Crippen LogP contribution in [0.5, 0.6) is 11.5 Å². The molecular weight excluding hydrogens is 310 g/mol. The van der Waals surface area contributed by atoms with E-state index in [1.165, 1.54) is 6.20 Å². The number of aromatic carboxylic acids is 1. The molecule has 0 spiro atoms. The lowest BCUT2D eigenvalue weighted by Gasteiger charge is -2.11. The van der Waals surface area contributed by atoms with E-state index in [1.807, 2.05) is 19.1 Å². The maximum absolute atomic E-state index is 11.1. The molecule has 5 heteroatoms. The zero-order valence-corrected chi connectivity index (χ0v) is 12.1. The Balaban J connectivity index is 2.42. The quantitative estimate of drug-likeness (QED) is 0.929. The highest BCUT2D eigenvalue weighted by atomic mass is 79.9. The van der Waals surface area contributed by atoms with Crippen LogP contribution in [0.2, 0.25) is 0 Å². The fourth-order valence-electron chi connectivity index (χ4n) is 1.63. The smallest absolute Gasteiger partial charge is 0.341 e. The SMILES string of the molecule is Cc1cc(Oc2ccc(Br)cc2C)c(C(=O)O)cn1. The predicted molar refractivity (Wildman–Crippen MR) is 74.9 cm³/mol. The van der Waals surface area contributed by atoms with Gasteiger partial charge < -0.3 is 9.84 Å². The highest BCUT2D eigenvalue weighted by Gasteiger charge is 2.14. The highest BCUT2D eigenvalue weighted by Crippen LogP contribution is 2.29. The largest absolute Gasteiger partial charge is 0.477 e. The van der Waals surface area contributed by atoms with E-state index in [2.05, 4.69) is 20.9 Å². The van der Waals surface area contributed by atoms with Gasteiger partial charge in [0.2, 0.25) is 0 Å². The minimum atomic E-state index is -1.06. The third-order valence-corrected chi connectivity index (χ3v) is 3.08. The van der Waals surface area contributed by atoms with Gasteiger partial charge in [-0.2, -0.15) is 0 Å². The van der Waals surface area contributed by atoms with E-state index in [4.69, 9.17) is 9.84 Å². The Morgan fingerprint density at radius 3 is 2.63 bits per heavy atom. The van der Waals surface area contributed by atoms with Crippen molar-refractivity contribution in [1.82, 2.24) is 4.98 Å². The molecule has 0 aliphatic heterocycles. The lowest BCUT2D eigenvalue weighted by molar-refractivity contribution is 0.0693. The molecule has 0 bridgehead atoms. The van der Waals surface area contributed by atoms with E-state index >= 15 is 0 Å². The van der Waals surface area contributed by atoms with Gasteiger partial charge in [-0.15, -0.1) is 0 Å². The van der Waals surface area contributed by atoms with Gasteiger partial charge in [0.1, 0.15) is 17.1 Å². The van der Waals surface area contributed by atoms with Crippen molar-refractivity contribution in [2.24, 2.45) is 0 Å². The molecule has 4 nitrogen and oxygen atoms in total. The molecule has 0 aliphatic rings. The molecule has 2 aromatic rings. The average Bonchev–Trinajstić information content (AvgIpc) is 2.32. The third kappa shape index (κ3) is 3.12. The number of hydrogen-bond acceptors (Lipinski definition) is 3. The van der Waals surface area contributed by atoms with E-state index in [0.29, 0.717) is 17.2 Å². The molecule has 1 aromatic carbocycles. The number of pyridine rings is 1. The second kappa shape index (κ2) is 5.40. The zero-order chi connectivity index (χ0) is 14.0. The molecule has 1 N–H and O–H groups in total. The molecule has 0 atom stereocenters. The van der Waals surface area contributed by atoms with Crippen LogP contribution in [0.15, 0.2) is 34.9 Å². The Morgan fingerprint density at radius 1 is 1.26 bits per heavy atom. The number of carboxylic acid groups (broad SMARTS) is 1. The number of rotatable bonds is 3. The molecule has 0 fully saturated rings. The van der Waals surface area contributed by atoms with Crippen molar-refractivity contribution in [3.05, 3.63) is 51.8 Å². The maximum Gasteiger partial charge on any atom is 0.341 e. The Labute approximate surface area is 119 Å². The van der Waals surface area contributed by atoms with E-state index in [9.17, 15) is 4.79 Å². The van der Waals surface area contributed by atoms with Crippen molar-refractivity contribution in [2.75, 3.05) is 0 Å². The summed E-state index contributed by atoms with van der Waals surface area (Å²) < 4.78 is 6.64. The van der Waals surface area contributed by atoms with Gasteiger partial charge in [0.15, 0.2) is 0 Å². The first-order valence-corrected chi connectivity index (χ1v) is 6.40. The van der Waals surface area contributed by atoms with Gasteiger partial charge in [0, 0.05) is 22.4 Å². The van der Waals surface area contributed by atoms with Crippen LogP contribution in [0.3, 0.4) is 0 Å². The fraction of sp³-hybridized carbons (Fsp3) is 0.143. The van der Waals surface area contributed by atoms with Crippen molar-refractivity contribution in [2.45, 2.75) is 13.8 Å². The average molecular weight is 322 g/mol. The van der Waals surface area contributed by atoms with Gasteiger partial charge in [-0.1, -0.05) is 15.9 Å². The summed E-state index contributed by atoms with van der Waals surface area (Å²) in [6.07, 6.45) is 1.31. The predicted octanol–water partition coefficient (Wildman–Crippen LogP) is 3.95. The first kappa shape index (κ1) is 13.5. The lowest BCUT2D eigenvalue weighted by Crippen LogP contribution is -2.02. The second-order valence-corrected chi connectivity index (χ2v) is 5.05. The maximum atomic E-state index is 11.1. The van der Waals surface area contributed by atoms with Gasteiger partial charge in [-0.25, -0.2) is 4.79 Å². The van der Waals surface area contributed by atoms with Crippen LogP contribution in [-0.2, 0) is 0 Å². The molecule has 0 aliphatic carbocycles. The van der Waals surface area contributed by atoms with Crippen LogP contribution in [0, 0.1) is 13.8 Å². The Kier molecular flexibility index (Phi) is 3.85. The van der Waals surface area contributed by atoms with Gasteiger partial charge in [0.25, 0.3) is 0 Å². The highest BCUT2D eigenvalue weighted by molar-refractivity contribution is 9.10. The molecular formula is C14H12BrNO3. The van der Waals surface area contributed by atoms with Crippen LogP contribution in [-0.4, -0.2) is 16.1 Å². The molecule has 0 saturated heterocycles. The van der Waals surface area contributed by atoms with Gasteiger partial charge >= 0.3 is 5.97 Å². The minimum Gasteiger partial charge on any atom is -0.477 e. The Morgan fingerprint density at radius 2 is 2.00 bits per heavy atom. The topological polar surface area (TPSA) is 59.4 Å². The third-order valence-electron chi connectivity index (χ3n) is 2.59. The number of ether oxygens (including phenoxy) is 1. The van der Waals surface area contributed by atoms with Gasteiger partial charge in [-0.3, -0.25) is 4.98 Å². The fourth-order valence-corrected chi connectivity index (χ4v) is 2.10. The summed E-state index contributed by atoms with van der Waals surface area (Å²) in [5.41, 5.74) is 1.67. The van der Waals surface area contributed by atoms with Gasteiger partial charge in [-0.05, 0) is 37.6 Å². The van der Waals surface area contributed by atoms with Crippen molar-refractivity contribution >= 4 is 21.9 Å². The monoisotopic (exact) mass is 321 g/mol. The molecule has 1 aromatic heterocycles. The zero-order valence-electron chi connectivity index (χ0n) is 10.5. The number of aryl methyl sites for hydroxylation is 2. The van der Waals surface area contributed by atoms with Crippen LogP contribution in [0.4, 0.5) is 0 Å². The summed E-state index contributed by atoms with van der Waals surface area (Å²) in [5.74, 6) is -0.140. The number of aromatic nitrogens is 1. The second-order valence-electron chi connectivity index (χ2n) is 4.14. The summed E-state index contributed by atoms with van der Waals surface area (Å²) in [6.45, 7) is 3.68. The molecule has 2 rings (SSSR count). The van der Waals surface area contributed by atoms with E-state index < -0.39 is 5.97 Å². The molecule has 19 heavy (non-hydrogen) atoms. The van der Waals surface area contributed by atoms with Crippen molar-refractivity contribution in [1.29, 1.82) is 0 Å². The van der Waals surface area contributed by atoms with E-state index in [1.54, 1.807) is 19.1 Å². The number of carbonyl (C=O) groups is 1. The Bertz CT molecular complexity index is 641. The normalized spacial score (nSPS) is 10.3. The first-order chi connectivity index (χ1) is 8.97. The first-order valence-electron chi connectivity index (χ1n) is 5.61. The number of hydrogen-bond donors (Lipinski definition) is 1. The van der Waals surface area contributed by atoms with Crippen molar-refractivity contribution in [3.63, 3.8) is 0 Å². The summed E-state index contributed by atoms with van der Waals surface area (Å²) in [5, 5.41) is 9.12. The summed E-state index contributed by atoms with van der Waals surface area (Å²) in [7, 11) is 0. The standard InChI is InChI=1S/C14H12BrNO3/c1-8-5-10(15)3-4-12(8)19-13-6-9(2)16-7-11(13)14(17)18/h3-7H,1-2H3,(H,17,18). The molecule has 0 unspecified atom stereocenters. The van der Waals surface area contributed by atoms with Crippen LogP contribution in [0.25, 0.3) is 0 Å². The number of benzene rings is 1. The van der Waals surface area contributed by atoms with E-state index in [-0.39, 0.29) is 5.56 Å². The number of nitrogens with zero attached hydrogens (tertiary/aromatic N) is 1. The summed E-state index contributed by atoms with van der Waals surface area (Å²) >= 11 is 3.37. The number of carboxylic acids is 1. The Hall–Kier alpha value is -1.88. The number of halogens is 1. The van der Waals surface area contributed by atoms with Crippen LogP contribution >= 0.6 is 15.9 Å². The lowest BCUT2D eigenvalue weighted by atomic mass is 10.2. The molecule has 0 saturated carbocycles. The molecule has 0 amide bonds. The summed E-state index contributed by atoms with van der Waals surface area (Å²) in [6, 6.07) is 7.16. The summed E-state index contributed by atoms with van der Waals surface area (Å²) in [4.78, 5) is 15.1. The van der Waals surface area contributed by atoms with E-state index in [0.717, 1.165) is 10.0 Å². The van der Waals surface area contributed by atoms with Crippen LogP contribution < -0.4 is 4.74 Å². The minimum absolute atomic E-state index is 0.0490.